The zero-order chi connectivity index (χ0) is 12.5. The maximum atomic E-state index is 10.2. The molecule has 1 saturated heterocycles. The molecule has 1 heterocycles. The molecule has 0 amide bonds. The zero-order valence-corrected chi connectivity index (χ0v) is 11.6. The Labute approximate surface area is 105 Å². The highest BCUT2D eigenvalue weighted by molar-refractivity contribution is 5.15. The SMILES string of the molecule is CC1C(O)CCC2(C)CCC3CC12OC3(C)C. The minimum atomic E-state index is -0.171. The number of aliphatic hydroxyl groups is 1. The summed E-state index contributed by atoms with van der Waals surface area (Å²) in [5.41, 5.74) is 0.232. The molecule has 17 heavy (non-hydrogen) atoms. The average molecular weight is 238 g/mol. The highest BCUT2D eigenvalue weighted by atomic mass is 16.5. The van der Waals surface area contributed by atoms with Crippen molar-refractivity contribution in [1.82, 2.24) is 0 Å². The van der Waals surface area contributed by atoms with Crippen molar-refractivity contribution in [2.45, 2.75) is 77.1 Å². The molecule has 2 heteroatoms. The summed E-state index contributed by atoms with van der Waals surface area (Å²) in [5, 5.41) is 10.2. The average Bonchev–Trinajstić information content (AvgIpc) is 2.49. The summed E-state index contributed by atoms with van der Waals surface area (Å²) in [4.78, 5) is 0. The highest BCUT2D eigenvalue weighted by Crippen LogP contribution is 2.65. The molecule has 3 fully saturated rings. The third-order valence-corrected chi connectivity index (χ3v) is 6.35. The fourth-order valence-corrected chi connectivity index (χ4v) is 4.92. The highest BCUT2D eigenvalue weighted by Gasteiger charge is 2.66. The molecular weight excluding hydrogens is 212 g/mol. The summed E-state index contributed by atoms with van der Waals surface area (Å²) < 4.78 is 6.59. The second-order valence-corrected chi connectivity index (χ2v) is 7.49. The van der Waals surface area contributed by atoms with Crippen LogP contribution in [0.1, 0.15) is 59.8 Å². The number of rotatable bonds is 0. The van der Waals surface area contributed by atoms with Crippen molar-refractivity contribution in [1.29, 1.82) is 0 Å². The van der Waals surface area contributed by atoms with Crippen LogP contribution in [0, 0.1) is 17.3 Å². The van der Waals surface area contributed by atoms with Gasteiger partial charge >= 0.3 is 0 Å². The quantitative estimate of drug-likeness (QED) is 0.702. The standard InChI is InChI=1S/C15H26O2/c1-10-12(16)6-8-14(4)7-5-11-9-15(10,14)17-13(11,2)3/h10-12,16H,5-9H2,1-4H3. The zero-order valence-electron chi connectivity index (χ0n) is 11.6. The van der Waals surface area contributed by atoms with Crippen molar-refractivity contribution in [2.75, 3.05) is 0 Å². The Morgan fingerprint density at radius 2 is 1.76 bits per heavy atom. The molecule has 3 aliphatic rings. The van der Waals surface area contributed by atoms with E-state index in [2.05, 4.69) is 27.7 Å². The number of aliphatic hydroxyl groups excluding tert-OH is 1. The van der Waals surface area contributed by atoms with Crippen LogP contribution >= 0.6 is 0 Å². The van der Waals surface area contributed by atoms with Crippen molar-refractivity contribution in [3.8, 4) is 0 Å². The lowest BCUT2D eigenvalue weighted by Gasteiger charge is -2.56. The van der Waals surface area contributed by atoms with Gasteiger partial charge in [-0.05, 0) is 57.3 Å². The second kappa shape index (κ2) is 3.27. The summed E-state index contributed by atoms with van der Waals surface area (Å²) in [6.45, 7) is 9.08. The molecule has 5 unspecified atom stereocenters. The molecule has 0 aromatic carbocycles. The first kappa shape index (κ1) is 12.0. The predicted octanol–water partition coefficient (Wildman–Crippen LogP) is 3.13. The second-order valence-electron chi connectivity index (χ2n) is 7.49. The summed E-state index contributed by atoms with van der Waals surface area (Å²) in [6.07, 6.45) is 5.64. The minimum Gasteiger partial charge on any atom is -0.393 e. The Kier molecular flexibility index (Phi) is 2.30. The van der Waals surface area contributed by atoms with E-state index in [9.17, 15) is 5.11 Å². The number of hydrogen-bond donors (Lipinski definition) is 1. The molecule has 1 N–H and O–H groups in total. The predicted molar refractivity (Wildman–Crippen MR) is 67.7 cm³/mol. The summed E-state index contributed by atoms with van der Waals surface area (Å²) in [7, 11) is 0. The Morgan fingerprint density at radius 1 is 1.12 bits per heavy atom. The fraction of sp³-hybridized carbons (Fsp3) is 1.00. The molecular formula is C15H26O2. The molecule has 2 aliphatic carbocycles. The summed E-state index contributed by atoms with van der Waals surface area (Å²) in [5.74, 6) is 0.967. The molecule has 5 atom stereocenters. The van der Waals surface area contributed by atoms with Crippen LogP contribution in [0.15, 0.2) is 0 Å². The Balaban J connectivity index is 2.05. The first-order valence-electron chi connectivity index (χ1n) is 7.19. The third-order valence-electron chi connectivity index (χ3n) is 6.35. The van der Waals surface area contributed by atoms with E-state index in [0.717, 1.165) is 19.3 Å². The van der Waals surface area contributed by atoms with Gasteiger partial charge in [0.25, 0.3) is 0 Å². The number of fused-ring (bicyclic) bond motifs is 1. The van der Waals surface area contributed by atoms with E-state index in [-0.39, 0.29) is 28.6 Å². The van der Waals surface area contributed by atoms with Gasteiger partial charge in [0.05, 0.1) is 17.3 Å². The van der Waals surface area contributed by atoms with Crippen molar-refractivity contribution in [3.05, 3.63) is 0 Å². The Morgan fingerprint density at radius 3 is 2.47 bits per heavy atom. The monoisotopic (exact) mass is 238 g/mol. The van der Waals surface area contributed by atoms with Crippen LogP contribution in [0.3, 0.4) is 0 Å². The first-order chi connectivity index (χ1) is 7.81. The van der Waals surface area contributed by atoms with Gasteiger partial charge in [-0.3, -0.25) is 0 Å². The van der Waals surface area contributed by atoms with E-state index in [4.69, 9.17) is 4.74 Å². The third kappa shape index (κ3) is 1.34. The van der Waals surface area contributed by atoms with E-state index < -0.39 is 0 Å². The van der Waals surface area contributed by atoms with Crippen LogP contribution in [0.5, 0.6) is 0 Å². The van der Waals surface area contributed by atoms with Gasteiger partial charge in [-0.1, -0.05) is 13.8 Å². The van der Waals surface area contributed by atoms with Crippen molar-refractivity contribution < 1.29 is 9.84 Å². The Bertz CT molecular complexity index is 338. The van der Waals surface area contributed by atoms with Gasteiger partial charge < -0.3 is 9.84 Å². The molecule has 1 aliphatic heterocycles. The van der Waals surface area contributed by atoms with Gasteiger partial charge in [0.1, 0.15) is 0 Å². The van der Waals surface area contributed by atoms with E-state index in [1.807, 2.05) is 0 Å². The van der Waals surface area contributed by atoms with E-state index >= 15 is 0 Å². The number of ether oxygens (including phenoxy) is 1. The molecule has 1 spiro atoms. The van der Waals surface area contributed by atoms with Crippen LogP contribution in [0.25, 0.3) is 0 Å². The van der Waals surface area contributed by atoms with Gasteiger partial charge in [0.2, 0.25) is 0 Å². The maximum absolute atomic E-state index is 10.2. The van der Waals surface area contributed by atoms with Gasteiger partial charge in [-0.25, -0.2) is 0 Å². The maximum Gasteiger partial charge on any atom is 0.0796 e. The van der Waals surface area contributed by atoms with Gasteiger partial charge in [-0.15, -0.1) is 0 Å². The van der Waals surface area contributed by atoms with Gasteiger partial charge in [0.15, 0.2) is 0 Å². The van der Waals surface area contributed by atoms with E-state index in [1.54, 1.807) is 0 Å². The van der Waals surface area contributed by atoms with Crippen LogP contribution < -0.4 is 0 Å². The topological polar surface area (TPSA) is 29.5 Å². The molecule has 0 aromatic heterocycles. The number of hydrogen-bond acceptors (Lipinski definition) is 2. The van der Waals surface area contributed by atoms with Crippen LogP contribution in [0.2, 0.25) is 0 Å². The largest absolute Gasteiger partial charge is 0.393 e. The lowest BCUT2D eigenvalue weighted by atomic mass is 9.52. The van der Waals surface area contributed by atoms with Gasteiger partial charge in [-0.2, -0.15) is 0 Å². The fourth-order valence-electron chi connectivity index (χ4n) is 4.92. The van der Waals surface area contributed by atoms with Gasteiger partial charge in [0, 0.05) is 5.92 Å². The summed E-state index contributed by atoms with van der Waals surface area (Å²) >= 11 is 0. The van der Waals surface area contributed by atoms with Crippen LogP contribution in [-0.2, 0) is 4.74 Å². The lowest BCUT2D eigenvalue weighted by molar-refractivity contribution is -0.216. The van der Waals surface area contributed by atoms with E-state index in [0.29, 0.717) is 5.92 Å². The lowest BCUT2D eigenvalue weighted by Crippen LogP contribution is -2.59. The molecule has 2 nitrogen and oxygen atoms in total. The minimum absolute atomic E-state index is 0.00306. The molecule has 98 valence electrons. The molecule has 3 rings (SSSR count). The molecule has 0 radical (unpaired) electrons. The molecule has 2 bridgehead atoms. The molecule has 0 aromatic rings. The smallest absolute Gasteiger partial charge is 0.0796 e. The first-order valence-corrected chi connectivity index (χ1v) is 7.19. The van der Waals surface area contributed by atoms with Crippen LogP contribution in [-0.4, -0.2) is 22.4 Å². The van der Waals surface area contributed by atoms with Crippen molar-refractivity contribution in [2.24, 2.45) is 17.3 Å². The van der Waals surface area contributed by atoms with Crippen molar-refractivity contribution >= 4 is 0 Å². The van der Waals surface area contributed by atoms with Crippen molar-refractivity contribution in [3.63, 3.8) is 0 Å². The normalized spacial score (nSPS) is 56.6. The molecule has 2 saturated carbocycles. The Hall–Kier alpha value is -0.0800. The van der Waals surface area contributed by atoms with E-state index in [1.165, 1.54) is 12.8 Å². The summed E-state index contributed by atoms with van der Waals surface area (Å²) in [6, 6.07) is 0. The van der Waals surface area contributed by atoms with Crippen LogP contribution in [0.4, 0.5) is 0 Å².